The van der Waals surface area contributed by atoms with Crippen LogP contribution in [0.4, 0.5) is 0 Å². The van der Waals surface area contributed by atoms with Gasteiger partial charge in [0.15, 0.2) is 0 Å². The normalized spacial score (nSPS) is 16.2. The highest BCUT2D eigenvalue weighted by Gasteiger charge is 2.19. The summed E-state index contributed by atoms with van der Waals surface area (Å²) in [6, 6.07) is 11.8. The predicted octanol–water partition coefficient (Wildman–Crippen LogP) is 1.95. The summed E-state index contributed by atoms with van der Waals surface area (Å²) < 4.78 is 1.94. The Morgan fingerprint density at radius 3 is 2.58 bits per heavy atom. The van der Waals surface area contributed by atoms with E-state index in [2.05, 4.69) is 26.4 Å². The van der Waals surface area contributed by atoms with E-state index in [0.29, 0.717) is 6.54 Å². The molecule has 1 aromatic heterocycles. The van der Waals surface area contributed by atoms with Crippen LogP contribution in [0.3, 0.4) is 0 Å². The Morgan fingerprint density at radius 2 is 1.88 bits per heavy atom. The lowest BCUT2D eigenvalue weighted by molar-refractivity contribution is -0.122. The molecule has 0 saturated carbocycles. The molecule has 0 bridgehead atoms. The fourth-order valence-electron chi connectivity index (χ4n) is 2.99. The number of benzene rings is 1. The molecule has 3 rings (SSSR count). The summed E-state index contributed by atoms with van der Waals surface area (Å²) in [5.74, 6) is -0.0880. The van der Waals surface area contributed by atoms with Crippen LogP contribution in [0.2, 0.25) is 5.02 Å². The zero-order valence-electron chi connectivity index (χ0n) is 14.9. The lowest BCUT2D eigenvalue weighted by Crippen LogP contribution is -2.48. The number of aromatic nitrogens is 1. The van der Waals surface area contributed by atoms with E-state index < -0.39 is 0 Å². The maximum atomic E-state index is 12.0. The first kappa shape index (κ1) is 18.6. The Hall–Kier alpha value is -2.15. The van der Waals surface area contributed by atoms with Crippen molar-refractivity contribution in [3.8, 4) is 0 Å². The van der Waals surface area contributed by atoms with Gasteiger partial charge in [-0.1, -0.05) is 29.8 Å². The van der Waals surface area contributed by atoms with Gasteiger partial charge in [0.05, 0.1) is 18.5 Å². The Morgan fingerprint density at radius 1 is 1.15 bits per heavy atom. The second-order valence-electron chi connectivity index (χ2n) is 6.48. The topological polar surface area (TPSA) is 52.9 Å². The SMILES string of the molecule is Cn1cccc1C=NNC(=O)CN1CCN(Cc2ccccc2Cl)CC1. The molecule has 0 radical (unpaired) electrons. The van der Waals surface area contributed by atoms with Crippen LogP contribution in [-0.2, 0) is 18.4 Å². The van der Waals surface area contributed by atoms with Gasteiger partial charge in [0.1, 0.15) is 0 Å². The van der Waals surface area contributed by atoms with Crippen molar-refractivity contribution in [2.24, 2.45) is 12.1 Å². The van der Waals surface area contributed by atoms with Crippen molar-refractivity contribution in [1.29, 1.82) is 0 Å². The highest BCUT2D eigenvalue weighted by molar-refractivity contribution is 6.31. The average molecular weight is 374 g/mol. The van der Waals surface area contributed by atoms with Crippen LogP contribution < -0.4 is 5.43 Å². The minimum absolute atomic E-state index is 0.0880. The van der Waals surface area contributed by atoms with Gasteiger partial charge >= 0.3 is 0 Å². The van der Waals surface area contributed by atoms with Gasteiger partial charge in [0.2, 0.25) is 0 Å². The lowest BCUT2D eigenvalue weighted by Gasteiger charge is -2.34. The van der Waals surface area contributed by atoms with Crippen molar-refractivity contribution in [3.05, 3.63) is 58.9 Å². The molecule has 0 aliphatic carbocycles. The summed E-state index contributed by atoms with van der Waals surface area (Å²) in [6.45, 7) is 4.78. The van der Waals surface area contributed by atoms with Crippen LogP contribution >= 0.6 is 11.6 Å². The van der Waals surface area contributed by atoms with E-state index in [4.69, 9.17) is 11.6 Å². The van der Waals surface area contributed by atoms with E-state index in [-0.39, 0.29) is 5.91 Å². The fraction of sp³-hybridized carbons (Fsp3) is 0.368. The maximum absolute atomic E-state index is 12.0. The van der Waals surface area contributed by atoms with Gasteiger partial charge in [-0.15, -0.1) is 0 Å². The zero-order valence-corrected chi connectivity index (χ0v) is 15.7. The van der Waals surface area contributed by atoms with Gasteiger partial charge in [-0.25, -0.2) is 5.43 Å². The molecule has 138 valence electrons. The van der Waals surface area contributed by atoms with E-state index in [1.165, 1.54) is 0 Å². The minimum atomic E-state index is -0.0880. The molecule has 0 atom stereocenters. The fourth-order valence-corrected chi connectivity index (χ4v) is 3.19. The maximum Gasteiger partial charge on any atom is 0.254 e. The highest BCUT2D eigenvalue weighted by atomic mass is 35.5. The summed E-state index contributed by atoms with van der Waals surface area (Å²) in [4.78, 5) is 16.6. The Kier molecular flexibility index (Phi) is 6.44. The molecule has 26 heavy (non-hydrogen) atoms. The molecular formula is C19H24ClN5O. The smallest absolute Gasteiger partial charge is 0.254 e. The van der Waals surface area contributed by atoms with E-state index in [0.717, 1.165) is 49.0 Å². The molecule has 0 unspecified atom stereocenters. The molecule has 1 aliphatic rings. The van der Waals surface area contributed by atoms with Crippen molar-refractivity contribution in [2.75, 3.05) is 32.7 Å². The molecule has 2 heterocycles. The standard InChI is InChI=1S/C19H24ClN5O/c1-23-8-4-6-17(23)13-21-22-19(26)15-25-11-9-24(10-12-25)14-16-5-2-3-7-18(16)20/h2-8,13H,9-12,14-15H2,1H3,(H,22,26). The number of amides is 1. The van der Waals surface area contributed by atoms with Crippen molar-refractivity contribution in [2.45, 2.75) is 6.54 Å². The van der Waals surface area contributed by atoms with Crippen molar-refractivity contribution >= 4 is 23.7 Å². The van der Waals surface area contributed by atoms with E-state index in [9.17, 15) is 4.79 Å². The first-order valence-corrected chi connectivity index (χ1v) is 9.11. The predicted molar refractivity (Wildman–Crippen MR) is 104 cm³/mol. The number of piperazine rings is 1. The molecular weight excluding hydrogens is 350 g/mol. The first-order valence-electron chi connectivity index (χ1n) is 8.73. The molecule has 1 N–H and O–H groups in total. The second kappa shape index (κ2) is 8.98. The van der Waals surface area contributed by atoms with Gasteiger partial charge < -0.3 is 4.57 Å². The van der Waals surface area contributed by atoms with Crippen molar-refractivity contribution in [3.63, 3.8) is 0 Å². The Balaban J connectivity index is 1.39. The molecule has 1 amide bonds. The first-order chi connectivity index (χ1) is 12.6. The van der Waals surface area contributed by atoms with E-state index in [1.807, 2.05) is 48.1 Å². The van der Waals surface area contributed by atoms with Crippen LogP contribution in [0, 0.1) is 0 Å². The Labute approximate surface area is 159 Å². The van der Waals surface area contributed by atoms with Gasteiger partial charge in [0.25, 0.3) is 5.91 Å². The number of rotatable bonds is 6. The van der Waals surface area contributed by atoms with E-state index in [1.54, 1.807) is 6.21 Å². The number of carbonyl (C=O) groups excluding carboxylic acids is 1. The number of nitrogens with zero attached hydrogens (tertiary/aromatic N) is 4. The Bertz CT molecular complexity index is 765. The largest absolute Gasteiger partial charge is 0.350 e. The monoisotopic (exact) mass is 373 g/mol. The summed E-state index contributed by atoms with van der Waals surface area (Å²) in [5, 5.41) is 4.83. The molecule has 2 aromatic rings. The summed E-state index contributed by atoms with van der Waals surface area (Å²) in [5.41, 5.74) is 4.69. The van der Waals surface area contributed by atoms with Crippen LogP contribution in [0.5, 0.6) is 0 Å². The number of hydrogen-bond acceptors (Lipinski definition) is 4. The summed E-state index contributed by atoms with van der Waals surface area (Å²) in [6.07, 6.45) is 3.59. The second-order valence-corrected chi connectivity index (χ2v) is 6.89. The molecule has 6 nitrogen and oxygen atoms in total. The lowest BCUT2D eigenvalue weighted by atomic mass is 10.2. The van der Waals surface area contributed by atoms with E-state index >= 15 is 0 Å². The van der Waals surface area contributed by atoms with Gasteiger partial charge in [0, 0.05) is 51.0 Å². The molecule has 1 aliphatic heterocycles. The van der Waals surface area contributed by atoms with Crippen LogP contribution in [0.1, 0.15) is 11.3 Å². The number of halogens is 1. The highest BCUT2D eigenvalue weighted by Crippen LogP contribution is 2.17. The van der Waals surface area contributed by atoms with Gasteiger partial charge in [-0.05, 0) is 23.8 Å². The number of nitrogens with one attached hydrogen (secondary N) is 1. The molecule has 1 aromatic carbocycles. The molecule has 0 spiro atoms. The average Bonchev–Trinajstić information content (AvgIpc) is 3.04. The third-order valence-corrected chi connectivity index (χ3v) is 4.92. The number of aryl methyl sites for hydroxylation is 1. The van der Waals surface area contributed by atoms with Crippen molar-refractivity contribution in [1.82, 2.24) is 19.8 Å². The number of hydrogen-bond donors (Lipinski definition) is 1. The van der Waals surface area contributed by atoms with Gasteiger partial charge in [-0.3, -0.25) is 14.6 Å². The number of hydrazone groups is 1. The minimum Gasteiger partial charge on any atom is -0.350 e. The van der Waals surface area contributed by atoms with Crippen LogP contribution in [0.15, 0.2) is 47.7 Å². The molecule has 1 fully saturated rings. The summed E-state index contributed by atoms with van der Waals surface area (Å²) >= 11 is 6.23. The molecule has 7 heteroatoms. The van der Waals surface area contributed by atoms with Crippen LogP contribution in [0.25, 0.3) is 0 Å². The zero-order chi connectivity index (χ0) is 18.4. The number of carbonyl (C=O) groups is 1. The third kappa shape index (κ3) is 5.17. The third-order valence-electron chi connectivity index (χ3n) is 4.55. The van der Waals surface area contributed by atoms with Crippen LogP contribution in [-0.4, -0.2) is 59.2 Å². The van der Waals surface area contributed by atoms with Gasteiger partial charge in [-0.2, -0.15) is 5.10 Å². The summed E-state index contributed by atoms with van der Waals surface area (Å²) in [7, 11) is 1.94. The quantitative estimate of drug-likeness (QED) is 0.622. The van der Waals surface area contributed by atoms with Crippen molar-refractivity contribution < 1.29 is 4.79 Å². The molecule has 1 saturated heterocycles.